The predicted octanol–water partition coefficient (Wildman–Crippen LogP) is -0.385. The lowest BCUT2D eigenvalue weighted by atomic mass is 10.1. The molecule has 0 radical (unpaired) electrons. The van der Waals surface area contributed by atoms with Gasteiger partial charge in [-0.05, 0) is 6.92 Å². The van der Waals surface area contributed by atoms with E-state index in [0.29, 0.717) is 0 Å². The molecule has 2 aliphatic rings. The van der Waals surface area contributed by atoms with Gasteiger partial charge in [-0.15, -0.1) is 11.8 Å². The van der Waals surface area contributed by atoms with Crippen LogP contribution in [0.5, 0.6) is 0 Å². The van der Waals surface area contributed by atoms with Gasteiger partial charge < -0.3 is 15.2 Å². The number of β-lactam (4-membered cyclic amide) rings is 1. The topological polar surface area (TPSA) is 130 Å². The molecular weight excluding hydrogens is 340 g/mol. The number of Topliss-reactive ketones (excluding diaryl/α,β-unsaturated/α-hetero) is 1. The molecule has 1 saturated heterocycles. The smallest absolute Gasteiger partial charge is 0.352 e. The Balaban J connectivity index is 2.28. The Morgan fingerprint density at radius 3 is 2.50 bits per heavy atom. The van der Waals surface area contributed by atoms with Crippen LogP contribution < -0.4 is 5.32 Å². The van der Waals surface area contributed by atoms with E-state index in [1.165, 1.54) is 25.6 Å². The number of ketones is 1. The highest BCUT2D eigenvalue weighted by Crippen LogP contribution is 2.43. The van der Waals surface area contributed by atoms with E-state index < -0.39 is 30.3 Å². The van der Waals surface area contributed by atoms with Gasteiger partial charge in [-0.1, -0.05) is 0 Å². The summed E-state index contributed by atoms with van der Waals surface area (Å²) in [5, 5.41) is 10.9. The number of hydrogen-bond acceptors (Lipinski definition) is 7. The first kappa shape index (κ1) is 18.0. The molecule has 0 aromatic rings. The van der Waals surface area contributed by atoms with Gasteiger partial charge in [0.2, 0.25) is 11.8 Å². The van der Waals surface area contributed by atoms with Crippen molar-refractivity contribution in [2.45, 2.75) is 37.4 Å². The first-order valence-corrected chi connectivity index (χ1v) is 8.01. The standard InChI is InChI=1S/C14H16N2O7S/c1-6(17)3-11(20)23-5-8-12(14(21)22)16-9(19)4-10(16)24-13(8)15-7(2)18/h10,13H,3-5H2,1-2H3,(H,15,18)(H,21,22)/t10-,13?/m1/s1. The van der Waals surface area contributed by atoms with Crippen molar-refractivity contribution >= 4 is 41.3 Å². The Morgan fingerprint density at radius 2 is 2.00 bits per heavy atom. The normalized spacial score (nSPS) is 22.4. The average Bonchev–Trinajstić information content (AvgIpc) is 2.43. The molecule has 2 heterocycles. The number of nitrogens with one attached hydrogen (secondary N) is 1. The molecule has 24 heavy (non-hydrogen) atoms. The molecule has 0 aliphatic carbocycles. The van der Waals surface area contributed by atoms with Gasteiger partial charge >= 0.3 is 11.9 Å². The minimum Gasteiger partial charge on any atom is -0.477 e. The van der Waals surface area contributed by atoms with Crippen molar-refractivity contribution < 1.29 is 33.8 Å². The van der Waals surface area contributed by atoms with Gasteiger partial charge in [-0.25, -0.2) is 4.79 Å². The number of rotatable bonds is 6. The van der Waals surface area contributed by atoms with Gasteiger partial charge in [0.1, 0.15) is 29.9 Å². The first-order valence-electron chi connectivity index (χ1n) is 7.06. The van der Waals surface area contributed by atoms with Crippen LogP contribution in [0.2, 0.25) is 0 Å². The minimum absolute atomic E-state index is 0.101. The molecule has 2 amide bonds. The number of nitrogens with zero attached hydrogens (tertiary/aromatic N) is 1. The molecule has 2 atom stereocenters. The second-order valence-corrected chi connectivity index (χ2v) is 6.65. The fraction of sp³-hybridized carbons (Fsp3) is 0.500. The largest absolute Gasteiger partial charge is 0.477 e. The van der Waals surface area contributed by atoms with Crippen LogP contribution in [0.15, 0.2) is 11.3 Å². The summed E-state index contributed by atoms with van der Waals surface area (Å²) in [6.45, 7) is 2.07. The van der Waals surface area contributed by atoms with Crippen molar-refractivity contribution in [1.82, 2.24) is 10.2 Å². The molecule has 1 fully saturated rings. The highest BCUT2D eigenvalue weighted by Gasteiger charge is 2.49. The van der Waals surface area contributed by atoms with Gasteiger partial charge in [-0.3, -0.25) is 24.1 Å². The quantitative estimate of drug-likeness (QED) is 0.374. The van der Waals surface area contributed by atoms with Crippen LogP contribution in [-0.2, 0) is 28.7 Å². The fourth-order valence-electron chi connectivity index (χ4n) is 2.39. The number of carbonyl (C=O) groups excluding carboxylic acids is 4. The number of carbonyl (C=O) groups is 5. The molecule has 0 bridgehead atoms. The number of thioether (sulfide) groups is 1. The first-order chi connectivity index (χ1) is 11.2. The maximum atomic E-state index is 11.7. The highest BCUT2D eigenvalue weighted by molar-refractivity contribution is 8.00. The van der Waals surface area contributed by atoms with Crippen LogP contribution >= 0.6 is 11.8 Å². The van der Waals surface area contributed by atoms with Crippen LogP contribution in [0.3, 0.4) is 0 Å². The van der Waals surface area contributed by atoms with Crippen molar-refractivity contribution in [3.05, 3.63) is 11.3 Å². The molecule has 0 spiro atoms. The molecule has 10 heteroatoms. The maximum absolute atomic E-state index is 11.7. The van der Waals surface area contributed by atoms with Crippen LogP contribution in [0, 0.1) is 0 Å². The molecule has 2 rings (SSSR count). The molecule has 9 nitrogen and oxygen atoms in total. The second kappa shape index (κ2) is 7.04. The van der Waals surface area contributed by atoms with E-state index >= 15 is 0 Å². The average molecular weight is 356 g/mol. The Hall–Kier alpha value is -2.36. The zero-order valence-electron chi connectivity index (χ0n) is 13.0. The molecular formula is C14H16N2O7S. The summed E-state index contributed by atoms with van der Waals surface area (Å²) < 4.78 is 4.94. The molecule has 0 aromatic heterocycles. The summed E-state index contributed by atoms with van der Waals surface area (Å²) in [6.07, 6.45) is -0.256. The Kier molecular flexibility index (Phi) is 5.27. The lowest BCUT2D eigenvalue weighted by Crippen LogP contribution is -2.57. The minimum atomic E-state index is -1.35. The highest BCUT2D eigenvalue weighted by atomic mass is 32.2. The Labute approximate surface area is 141 Å². The van der Waals surface area contributed by atoms with Gasteiger partial charge in [0.15, 0.2) is 0 Å². The number of carboxylic acid groups (broad SMARTS) is 1. The number of esters is 1. The van der Waals surface area contributed by atoms with Crippen molar-refractivity contribution in [1.29, 1.82) is 0 Å². The van der Waals surface area contributed by atoms with E-state index in [2.05, 4.69) is 5.32 Å². The van der Waals surface area contributed by atoms with Gasteiger partial charge in [-0.2, -0.15) is 0 Å². The molecule has 0 saturated carbocycles. The van der Waals surface area contributed by atoms with E-state index in [9.17, 15) is 29.1 Å². The van der Waals surface area contributed by atoms with E-state index in [1.54, 1.807) is 0 Å². The summed E-state index contributed by atoms with van der Waals surface area (Å²) in [5.41, 5.74) is -0.187. The van der Waals surface area contributed by atoms with Gasteiger partial charge in [0, 0.05) is 12.5 Å². The summed E-state index contributed by atoms with van der Waals surface area (Å²) in [5.74, 6) is -3.27. The van der Waals surface area contributed by atoms with E-state index in [0.717, 1.165) is 4.90 Å². The number of carboxylic acids is 1. The molecule has 2 N–H and O–H groups in total. The Bertz CT molecular complexity index is 658. The van der Waals surface area contributed by atoms with E-state index in [4.69, 9.17) is 4.74 Å². The SMILES string of the molecule is CC(=O)CC(=O)OCC1=C(C(=O)O)N2C(=O)C[C@H]2SC1NC(C)=O. The monoisotopic (exact) mass is 356 g/mol. The number of hydrogen-bond donors (Lipinski definition) is 2. The lowest BCUT2D eigenvalue weighted by molar-refractivity contribution is -0.147. The summed E-state index contributed by atoms with van der Waals surface area (Å²) in [7, 11) is 0. The lowest BCUT2D eigenvalue weighted by Gasteiger charge is -2.46. The fourth-order valence-corrected chi connectivity index (χ4v) is 3.86. The summed E-state index contributed by atoms with van der Waals surface area (Å²) >= 11 is 1.20. The number of aliphatic carboxylic acids is 1. The van der Waals surface area contributed by atoms with Crippen LogP contribution in [0.1, 0.15) is 26.7 Å². The van der Waals surface area contributed by atoms with E-state index in [1.807, 2.05) is 0 Å². The maximum Gasteiger partial charge on any atom is 0.352 e. The summed E-state index contributed by atoms with van der Waals surface area (Å²) in [6, 6.07) is 0. The van der Waals surface area contributed by atoms with Gasteiger partial charge in [0.25, 0.3) is 0 Å². The van der Waals surface area contributed by atoms with Gasteiger partial charge in [0.05, 0.1) is 11.8 Å². The van der Waals surface area contributed by atoms with Crippen molar-refractivity contribution in [2.24, 2.45) is 0 Å². The number of fused-ring (bicyclic) bond motifs is 1. The predicted molar refractivity (Wildman–Crippen MR) is 81.4 cm³/mol. The van der Waals surface area contributed by atoms with E-state index in [-0.39, 0.29) is 40.7 Å². The second-order valence-electron chi connectivity index (χ2n) is 5.36. The summed E-state index contributed by atoms with van der Waals surface area (Å²) in [4.78, 5) is 58.2. The third-order valence-electron chi connectivity index (χ3n) is 3.38. The molecule has 1 unspecified atom stereocenters. The number of ether oxygens (including phenoxy) is 1. The van der Waals surface area contributed by atoms with Crippen molar-refractivity contribution in [2.75, 3.05) is 6.61 Å². The third kappa shape index (κ3) is 3.75. The third-order valence-corrected chi connectivity index (χ3v) is 4.75. The van der Waals surface area contributed by atoms with Crippen molar-refractivity contribution in [3.8, 4) is 0 Å². The zero-order chi connectivity index (χ0) is 18.0. The van der Waals surface area contributed by atoms with Crippen molar-refractivity contribution in [3.63, 3.8) is 0 Å². The zero-order valence-corrected chi connectivity index (χ0v) is 13.8. The van der Waals surface area contributed by atoms with Crippen LogP contribution in [0.25, 0.3) is 0 Å². The van der Waals surface area contributed by atoms with Crippen LogP contribution in [-0.4, -0.2) is 56.9 Å². The molecule has 0 aromatic carbocycles. The molecule has 2 aliphatic heterocycles. The van der Waals surface area contributed by atoms with Crippen LogP contribution in [0.4, 0.5) is 0 Å². The number of amides is 2. The molecule has 130 valence electrons. The Morgan fingerprint density at radius 1 is 1.33 bits per heavy atom.